The molecule has 0 radical (unpaired) electrons. The Morgan fingerprint density at radius 3 is 2.44 bits per heavy atom. The van der Waals surface area contributed by atoms with Crippen LogP contribution < -0.4 is 4.74 Å². The number of fused-ring (bicyclic) bond motifs is 1. The van der Waals surface area contributed by atoms with E-state index in [9.17, 15) is 5.11 Å². The van der Waals surface area contributed by atoms with E-state index in [1.54, 1.807) is 0 Å². The Morgan fingerprint density at radius 2 is 1.83 bits per heavy atom. The fourth-order valence-corrected chi connectivity index (χ4v) is 3.00. The summed E-state index contributed by atoms with van der Waals surface area (Å²) in [4.78, 5) is 0. The lowest BCUT2D eigenvalue weighted by Gasteiger charge is -2.38. The van der Waals surface area contributed by atoms with Crippen molar-refractivity contribution < 1.29 is 9.84 Å². The minimum Gasteiger partial charge on any atom is -0.507 e. The van der Waals surface area contributed by atoms with Crippen molar-refractivity contribution in [3.05, 3.63) is 22.3 Å². The van der Waals surface area contributed by atoms with E-state index in [-0.39, 0.29) is 5.60 Å². The molecule has 100 valence electrons. The zero-order chi connectivity index (χ0) is 13.5. The summed E-state index contributed by atoms with van der Waals surface area (Å²) in [5.74, 6) is 1.46. The van der Waals surface area contributed by atoms with Gasteiger partial charge in [-0.15, -0.1) is 0 Å². The van der Waals surface area contributed by atoms with Gasteiger partial charge in [-0.3, -0.25) is 0 Å². The lowest BCUT2D eigenvalue weighted by Crippen LogP contribution is -2.36. The normalized spacial score (nSPS) is 22.5. The molecule has 2 rings (SSSR count). The van der Waals surface area contributed by atoms with Crippen molar-refractivity contribution in [1.29, 1.82) is 0 Å². The van der Waals surface area contributed by atoms with Crippen LogP contribution in [0, 0.1) is 20.8 Å². The number of ether oxygens (including phenoxy) is 1. The van der Waals surface area contributed by atoms with Gasteiger partial charge in [0.25, 0.3) is 0 Å². The second kappa shape index (κ2) is 4.49. The van der Waals surface area contributed by atoms with Gasteiger partial charge in [-0.05, 0) is 63.6 Å². The quantitative estimate of drug-likeness (QED) is 0.850. The molecule has 0 bridgehead atoms. The molecule has 0 aliphatic carbocycles. The molecule has 1 unspecified atom stereocenters. The topological polar surface area (TPSA) is 29.5 Å². The Kier molecular flexibility index (Phi) is 3.31. The molecule has 1 aromatic rings. The second-order valence-corrected chi connectivity index (χ2v) is 5.83. The highest BCUT2D eigenvalue weighted by molar-refractivity contribution is 5.58. The predicted molar refractivity (Wildman–Crippen MR) is 74.6 cm³/mol. The van der Waals surface area contributed by atoms with Crippen molar-refractivity contribution >= 4 is 0 Å². The van der Waals surface area contributed by atoms with Crippen LogP contribution in [-0.4, -0.2) is 10.7 Å². The molecular weight excluding hydrogens is 224 g/mol. The first-order chi connectivity index (χ1) is 8.39. The van der Waals surface area contributed by atoms with E-state index in [1.807, 2.05) is 20.8 Å². The maximum Gasteiger partial charge on any atom is 0.127 e. The summed E-state index contributed by atoms with van der Waals surface area (Å²) in [7, 11) is 0. The molecule has 1 aliphatic rings. The first-order valence-corrected chi connectivity index (χ1v) is 6.90. The highest BCUT2D eigenvalue weighted by Gasteiger charge is 2.33. The highest BCUT2D eigenvalue weighted by Crippen LogP contribution is 2.44. The van der Waals surface area contributed by atoms with Gasteiger partial charge in [-0.1, -0.05) is 13.3 Å². The molecule has 1 aliphatic heterocycles. The predicted octanol–water partition coefficient (Wildman–Crippen LogP) is 4.20. The molecule has 18 heavy (non-hydrogen) atoms. The van der Waals surface area contributed by atoms with Crippen LogP contribution >= 0.6 is 0 Å². The number of hydrogen-bond acceptors (Lipinski definition) is 2. The molecule has 0 saturated carbocycles. The zero-order valence-corrected chi connectivity index (χ0v) is 12.2. The Labute approximate surface area is 110 Å². The van der Waals surface area contributed by atoms with Crippen molar-refractivity contribution in [2.75, 3.05) is 0 Å². The molecule has 2 nitrogen and oxygen atoms in total. The van der Waals surface area contributed by atoms with Crippen molar-refractivity contribution in [2.24, 2.45) is 0 Å². The van der Waals surface area contributed by atoms with Gasteiger partial charge in [0, 0.05) is 5.56 Å². The molecule has 1 aromatic carbocycles. The fraction of sp³-hybridized carbons (Fsp3) is 0.625. The number of aromatic hydroxyl groups is 1. The number of hydrogen-bond donors (Lipinski definition) is 1. The Bertz CT molecular complexity index is 477. The Hall–Kier alpha value is -1.18. The fourth-order valence-electron chi connectivity index (χ4n) is 3.00. The Balaban J connectivity index is 2.50. The summed E-state index contributed by atoms with van der Waals surface area (Å²) in [6.45, 7) is 10.4. The van der Waals surface area contributed by atoms with E-state index in [4.69, 9.17) is 4.74 Å². The minimum atomic E-state index is -0.0393. The molecule has 0 amide bonds. The van der Waals surface area contributed by atoms with E-state index in [2.05, 4.69) is 13.8 Å². The molecule has 1 N–H and O–H groups in total. The van der Waals surface area contributed by atoms with Crippen LogP contribution in [0.5, 0.6) is 11.5 Å². The third-order valence-corrected chi connectivity index (χ3v) is 4.37. The maximum absolute atomic E-state index is 10.1. The van der Waals surface area contributed by atoms with Crippen LogP contribution in [0.25, 0.3) is 0 Å². The number of phenols is 1. The van der Waals surface area contributed by atoms with E-state index >= 15 is 0 Å². The van der Waals surface area contributed by atoms with Gasteiger partial charge < -0.3 is 9.84 Å². The zero-order valence-electron chi connectivity index (χ0n) is 12.2. The van der Waals surface area contributed by atoms with Gasteiger partial charge in [0.1, 0.15) is 17.1 Å². The molecule has 0 saturated heterocycles. The lowest BCUT2D eigenvalue weighted by molar-refractivity contribution is 0.0542. The van der Waals surface area contributed by atoms with E-state index in [0.29, 0.717) is 5.75 Å². The third-order valence-electron chi connectivity index (χ3n) is 4.37. The van der Waals surface area contributed by atoms with Gasteiger partial charge in [-0.2, -0.15) is 0 Å². The largest absolute Gasteiger partial charge is 0.507 e. The van der Waals surface area contributed by atoms with Crippen molar-refractivity contribution in [3.8, 4) is 11.5 Å². The van der Waals surface area contributed by atoms with Crippen LogP contribution in [0.2, 0.25) is 0 Å². The number of rotatable bonds is 2. The van der Waals surface area contributed by atoms with Gasteiger partial charge >= 0.3 is 0 Å². The standard InChI is InChI=1S/C16H24O2/c1-6-8-16(5)9-7-13-12(4)14(17)10(2)11(3)15(13)18-16/h17H,6-9H2,1-5H3. The van der Waals surface area contributed by atoms with Crippen LogP contribution in [0.15, 0.2) is 0 Å². The molecule has 1 heterocycles. The molecule has 0 spiro atoms. The third kappa shape index (κ3) is 1.98. The van der Waals surface area contributed by atoms with E-state index < -0.39 is 0 Å². The number of phenolic OH excluding ortho intramolecular Hbond substituents is 1. The van der Waals surface area contributed by atoms with Crippen LogP contribution in [-0.2, 0) is 6.42 Å². The summed E-state index contributed by atoms with van der Waals surface area (Å²) < 4.78 is 6.30. The smallest absolute Gasteiger partial charge is 0.127 e. The minimum absolute atomic E-state index is 0.0393. The summed E-state index contributed by atoms with van der Waals surface area (Å²) in [5, 5.41) is 10.1. The van der Waals surface area contributed by atoms with Crippen LogP contribution in [0.1, 0.15) is 55.4 Å². The van der Waals surface area contributed by atoms with Crippen LogP contribution in [0.3, 0.4) is 0 Å². The van der Waals surface area contributed by atoms with Gasteiger partial charge in [-0.25, -0.2) is 0 Å². The molecule has 1 atom stereocenters. The SMILES string of the molecule is CCCC1(C)CCc2c(C)c(O)c(C)c(C)c2O1. The maximum atomic E-state index is 10.1. The first kappa shape index (κ1) is 13.3. The average Bonchev–Trinajstić information content (AvgIpc) is 2.34. The summed E-state index contributed by atoms with van der Waals surface area (Å²) in [6.07, 6.45) is 4.27. The number of benzene rings is 1. The van der Waals surface area contributed by atoms with Crippen molar-refractivity contribution in [3.63, 3.8) is 0 Å². The van der Waals surface area contributed by atoms with Crippen LogP contribution in [0.4, 0.5) is 0 Å². The van der Waals surface area contributed by atoms with Crippen molar-refractivity contribution in [1.82, 2.24) is 0 Å². The Morgan fingerprint density at radius 1 is 1.17 bits per heavy atom. The molecule has 0 fully saturated rings. The highest BCUT2D eigenvalue weighted by atomic mass is 16.5. The van der Waals surface area contributed by atoms with Gasteiger partial charge in [0.2, 0.25) is 0 Å². The monoisotopic (exact) mass is 248 g/mol. The first-order valence-electron chi connectivity index (χ1n) is 6.90. The second-order valence-electron chi connectivity index (χ2n) is 5.83. The van der Waals surface area contributed by atoms with Gasteiger partial charge in [0.05, 0.1) is 0 Å². The summed E-state index contributed by atoms with van der Waals surface area (Å²) in [6, 6.07) is 0. The molecular formula is C16H24O2. The summed E-state index contributed by atoms with van der Waals surface area (Å²) in [5.41, 5.74) is 4.19. The molecule has 0 aromatic heterocycles. The average molecular weight is 248 g/mol. The van der Waals surface area contributed by atoms with Crippen molar-refractivity contribution in [2.45, 2.75) is 65.9 Å². The van der Waals surface area contributed by atoms with E-state index in [1.165, 1.54) is 5.56 Å². The van der Waals surface area contributed by atoms with Gasteiger partial charge in [0.15, 0.2) is 0 Å². The van der Waals surface area contributed by atoms with E-state index in [0.717, 1.165) is 48.1 Å². The summed E-state index contributed by atoms with van der Waals surface area (Å²) >= 11 is 0. The lowest BCUT2D eigenvalue weighted by atomic mass is 9.85. The molecule has 2 heteroatoms.